The molecule has 7 nitrogen and oxygen atoms in total. The van der Waals surface area contributed by atoms with E-state index in [1.54, 1.807) is 0 Å². The molecule has 7 heteroatoms. The summed E-state index contributed by atoms with van der Waals surface area (Å²) in [6.07, 6.45) is 23.2. The maximum atomic E-state index is 7.03. The first kappa shape index (κ1) is 40.5. The fraction of sp³-hybridized carbons (Fsp3) is 1.00. The normalized spacial score (nSPS) is 36.8. The molecule has 0 aliphatic heterocycles. The number of rotatable bonds is 24. The molecular formula is C41H80N4O3. The van der Waals surface area contributed by atoms with Crippen LogP contribution in [-0.2, 0) is 14.2 Å². The van der Waals surface area contributed by atoms with Gasteiger partial charge in [0.05, 0.1) is 18.3 Å². The van der Waals surface area contributed by atoms with Crippen LogP contribution in [0.2, 0.25) is 0 Å². The van der Waals surface area contributed by atoms with Gasteiger partial charge in [-0.15, -0.1) is 0 Å². The lowest BCUT2D eigenvalue weighted by Gasteiger charge is -2.65. The lowest BCUT2D eigenvalue weighted by Crippen LogP contribution is -2.63. The van der Waals surface area contributed by atoms with Crippen LogP contribution in [-0.4, -0.2) is 70.9 Å². The predicted molar refractivity (Wildman–Crippen MR) is 201 cm³/mol. The van der Waals surface area contributed by atoms with E-state index in [0.29, 0.717) is 78.9 Å². The van der Waals surface area contributed by atoms with Crippen LogP contribution in [0.5, 0.6) is 0 Å². The Morgan fingerprint density at radius 2 is 1.38 bits per heavy atom. The Kier molecular flexibility index (Phi) is 17.4. The molecular weight excluding hydrogens is 596 g/mol. The minimum Gasteiger partial charge on any atom is -0.378 e. The smallest absolute Gasteiger partial charge is 0.0637 e. The number of hydrogen-bond donors (Lipinski definition) is 4. The van der Waals surface area contributed by atoms with E-state index in [2.05, 4.69) is 33.0 Å². The van der Waals surface area contributed by atoms with Crippen molar-refractivity contribution in [1.29, 1.82) is 0 Å². The Labute approximate surface area is 296 Å². The average Bonchev–Trinajstić information content (AvgIpc) is 3.44. The Balaban J connectivity index is 1.46. The van der Waals surface area contributed by atoms with Crippen LogP contribution in [0.3, 0.4) is 0 Å². The number of fused-ring (bicyclic) bond motifs is 5. The molecule has 0 heterocycles. The molecule has 4 fully saturated rings. The maximum Gasteiger partial charge on any atom is 0.0637 e. The zero-order valence-electron chi connectivity index (χ0n) is 32.0. The number of unbranched alkanes of at least 4 members (excludes halogenated alkanes) is 5. The van der Waals surface area contributed by atoms with Crippen molar-refractivity contribution >= 4 is 0 Å². The first-order valence-electron chi connectivity index (χ1n) is 21.0. The highest BCUT2D eigenvalue weighted by Crippen LogP contribution is 2.69. The number of ether oxygens (including phenoxy) is 3. The van der Waals surface area contributed by atoms with Gasteiger partial charge in [-0.3, -0.25) is 0 Å². The van der Waals surface area contributed by atoms with Crippen LogP contribution < -0.4 is 22.5 Å². The predicted octanol–water partition coefficient (Wildman–Crippen LogP) is 7.43. The molecule has 0 spiro atoms. The summed E-state index contributed by atoms with van der Waals surface area (Å²) in [7, 11) is 0. The fourth-order valence-electron chi connectivity index (χ4n) is 11.5. The van der Waals surface area contributed by atoms with Gasteiger partial charge in [0.15, 0.2) is 0 Å². The molecule has 282 valence electrons. The van der Waals surface area contributed by atoms with Crippen molar-refractivity contribution in [3.8, 4) is 0 Å². The lowest BCUT2D eigenvalue weighted by molar-refractivity contribution is -0.227. The molecule has 4 rings (SSSR count). The first-order valence-corrected chi connectivity index (χ1v) is 21.0. The summed E-state index contributed by atoms with van der Waals surface area (Å²) in [5, 5.41) is 3.77. The van der Waals surface area contributed by atoms with Gasteiger partial charge in [-0.1, -0.05) is 59.8 Å². The summed E-state index contributed by atoms with van der Waals surface area (Å²) in [5.41, 5.74) is 18.3. The van der Waals surface area contributed by atoms with E-state index in [1.165, 1.54) is 96.4 Å². The second kappa shape index (κ2) is 20.7. The van der Waals surface area contributed by atoms with Gasteiger partial charge in [-0.2, -0.15) is 0 Å². The van der Waals surface area contributed by atoms with Crippen LogP contribution in [0, 0.1) is 46.3 Å². The summed E-state index contributed by atoms with van der Waals surface area (Å²) in [6.45, 7) is 17.0. The molecule has 0 saturated heterocycles. The highest BCUT2D eigenvalue weighted by atomic mass is 16.5. The molecule has 7 N–H and O–H groups in total. The van der Waals surface area contributed by atoms with Crippen molar-refractivity contribution < 1.29 is 14.2 Å². The van der Waals surface area contributed by atoms with Crippen LogP contribution >= 0.6 is 0 Å². The molecule has 1 unspecified atom stereocenters. The summed E-state index contributed by atoms with van der Waals surface area (Å²) in [5.74, 6) is 3.92. The molecule has 0 aromatic heterocycles. The highest BCUT2D eigenvalue weighted by molar-refractivity contribution is 5.15. The van der Waals surface area contributed by atoms with E-state index in [0.717, 1.165) is 52.0 Å². The van der Waals surface area contributed by atoms with E-state index in [4.69, 9.17) is 31.4 Å². The summed E-state index contributed by atoms with van der Waals surface area (Å²) >= 11 is 0. The van der Waals surface area contributed by atoms with Gasteiger partial charge in [0.1, 0.15) is 0 Å². The number of nitrogens with two attached hydrogens (primary N) is 3. The van der Waals surface area contributed by atoms with Gasteiger partial charge in [0.2, 0.25) is 0 Å². The quantitative estimate of drug-likeness (QED) is 0.0786. The van der Waals surface area contributed by atoms with Gasteiger partial charge in [0, 0.05) is 25.2 Å². The Hall–Kier alpha value is -0.280. The molecule has 0 aromatic carbocycles. The van der Waals surface area contributed by atoms with Crippen LogP contribution in [0.15, 0.2) is 0 Å². The van der Waals surface area contributed by atoms with Crippen molar-refractivity contribution in [3.05, 3.63) is 0 Å². The molecule has 4 saturated carbocycles. The van der Waals surface area contributed by atoms with E-state index in [1.807, 2.05) is 0 Å². The van der Waals surface area contributed by atoms with E-state index >= 15 is 0 Å². The van der Waals surface area contributed by atoms with E-state index in [-0.39, 0.29) is 5.41 Å². The molecule has 0 radical (unpaired) electrons. The molecule has 0 aromatic rings. The van der Waals surface area contributed by atoms with Gasteiger partial charge in [-0.05, 0) is 157 Å². The molecule has 11 atom stereocenters. The van der Waals surface area contributed by atoms with Crippen molar-refractivity contribution in [3.63, 3.8) is 0 Å². The zero-order valence-corrected chi connectivity index (χ0v) is 32.0. The second-order valence-electron chi connectivity index (χ2n) is 17.1. The van der Waals surface area contributed by atoms with Gasteiger partial charge < -0.3 is 36.7 Å². The molecule has 4 aliphatic rings. The van der Waals surface area contributed by atoms with Gasteiger partial charge in [0.25, 0.3) is 0 Å². The average molecular weight is 677 g/mol. The Morgan fingerprint density at radius 3 is 2.10 bits per heavy atom. The Morgan fingerprint density at radius 1 is 0.708 bits per heavy atom. The van der Waals surface area contributed by atoms with E-state index < -0.39 is 0 Å². The zero-order chi connectivity index (χ0) is 34.4. The lowest BCUT2D eigenvalue weighted by atomic mass is 9.43. The number of hydrogen-bond acceptors (Lipinski definition) is 7. The largest absolute Gasteiger partial charge is 0.378 e. The monoisotopic (exact) mass is 677 g/mol. The fourth-order valence-corrected chi connectivity index (χ4v) is 11.5. The third kappa shape index (κ3) is 9.98. The maximum absolute atomic E-state index is 7.03. The third-order valence-corrected chi connectivity index (χ3v) is 14.2. The third-order valence-electron chi connectivity index (χ3n) is 14.2. The van der Waals surface area contributed by atoms with E-state index in [9.17, 15) is 0 Å². The summed E-state index contributed by atoms with van der Waals surface area (Å²) in [4.78, 5) is 0. The molecule has 4 aliphatic carbocycles. The molecule has 0 bridgehead atoms. The van der Waals surface area contributed by atoms with Crippen molar-refractivity contribution in [2.24, 2.45) is 63.5 Å². The minimum atomic E-state index is 0.183. The highest BCUT2D eigenvalue weighted by Gasteiger charge is 2.66. The topological polar surface area (TPSA) is 118 Å². The number of nitrogens with one attached hydrogen (secondary N) is 1. The summed E-state index contributed by atoms with van der Waals surface area (Å²) < 4.78 is 20.4. The van der Waals surface area contributed by atoms with Gasteiger partial charge >= 0.3 is 0 Å². The standard InChI is InChI=1S/C41H80N4O3/c1-5-6-7-8-9-10-23-45-24-11-15-31(2)34-16-17-35-39-36(30-38(41(34,35)4)48-27-14-22-44)40(3)19-18-33(46-25-12-20-42)28-32(40)29-37(39)47-26-13-21-43/h31-39,45H,5-30,42-44H2,1-4H3/t31-,32+,33-,34-,35+,36?,37-,38+,39+,40+,41-/m1/s1. The van der Waals surface area contributed by atoms with Crippen LogP contribution in [0.25, 0.3) is 0 Å². The minimum absolute atomic E-state index is 0.183. The van der Waals surface area contributed by atoms with Crippen molar-refractivity contribution in [1.82, 2.24) is 5.32 Å². The van der Waals surface area contributed by atoms with Crippen molar-refractivity contribution in [2.45, 2.75) is 162 Å². The van der Waals surface area contributed by atoms with Gasteiger partial charge in [-0.25, -0.2) is 0 Å². The van der Waals surface area contributed by atoms with Crippen LogP contribution in [0.4, 0.5) is 0 Å². The summed E-state index contributed by atoms with van der Waals surface area (Å²) in [6, 6.07) is 0. The van der Waals surface area contributed by atoms with Crippen LogP contribution in [0.1, 0.15) is 143 Å². The molecule has 0 amide bonds. The molecule has 48 heavy (non-hydrogen) atoms. The second-order valence-corrected chi connectivity index (χ2v) is 17.1. The SMILES string of the molecule is CCCCCCCCNCCC[C@@H](C)[C@H]1CC[C@H]2[C@H]3C(C[C@H](OCCCN)[C@]12C)[C@@]1(C)CC[C@@H](OCCCN)C[C@H]1C[C@H]3OCCCN. The first-order chi connectivity index (χ1) is 23.3. The Bertz CT molecular complexity index is 879. The van der Waals surface area contributed by atoms with Crippen molar-refractivity contribution in [2.75, 3.05) is 52.5 Å².